The Morgan fingerprint density at radius 3 is 2.34 bits per heavy atom. The average Bonchev–Trinajstić information content (AvgIpc) is 2.97. The third kappa shape index (κ3) is 8.91. The molecule has 1 atom stereocenters. The van der Waals surface area contributed by atoms with Gasteiger partial charge in [0.15, 0.2) is 0 Å². The van der Waals surface area contributed by atoms with Crippen molar-refractivity contribution in [2.24, 2.45) is 0 Å². The van der Waals surface area contributed by atoms with E-state index in [1.807, 2.05) is 92.7 Å². The van der Waals surface area contributed by atoms with E-state index in [-0.39, 0.29) is 23.8 Å². The Morgan fingerprint density at radius 1 is 0.878 bits per heavy atom. The van der Waals surface area contributed by atoms with Crippen molar-refractivity contribution in [2.75, 3.05) is 13.1 Å². The van der Waals surface area contributed by atoms with Crippen LogP contribution < -0.4 is 15.4 Å². The van der Waals surface area contributed by atoms with Gasteiger partial charge >= 0.3 is 0 Å². The Morgan fingerprint density at radius 2 is 1.61 bits per heavy atom. The number of rotatable bonds is 13. The maximum atomic E-state index is 12.8. The van der Waals surface area contributed by atoms with Gasteiger partial charge in [-0.15, -0.1) is 0 Å². The first kappa shape index (κ1) is 29.8. The summed E-state index contributed by atoms with van der Waals surface area (Å²) >= 11 is 0. The van der Waals surface area contributed by atoms with E-state index in [0.717, 1.165) is 22.6 Å². The van der Waals surface area contributed by atoms with E-state index in [0.29, 0.717) is 42.6 Å². The minimum Gasteiger partial charge on any atom is -0.508 e. The summed E-state index contributed by atoms with van der Waals surface area (Å²) in [6.07, 6.45) is 0.553. The molecule has 0 aliphatic carbocycles. The average molecular weight is 555 g/mol. The lowest BCUT2D eigenvalue weighted by Crippen LogP contribution is -2.43. The number of benzene rings is 4. The fourth-order valence-corrected chi connectivity index (χ4v) is 4.60. The normalized spacial score (nSPS) is 12.1. The molecule has 4 aromatic carbocycles. The van der Waals surface area contributed by atoms with E-state index in [4.69, 9.17) is 4.74 Å². The lowest BCUT2D eigenvalue weighted by Gasteiger charge is -2.28. The van der Waals surface area contributed by atoms with Gasteiger partial charge in [0.1, 0.15) is 17.2 Å². The molecule has 214 valence electrons. The highest BCUT2D eigenvalue weighted by atomic mass is 16.5. The molecule has 7 nitrogen and oxygen atoms in total. The highest BCUT2D eigenvalue weighted by Crippen LogP contribution is 2.24. The summed E-state index contributed by atoms with van der Waals surface area (Å²) < 4.78 is 5.84. The highest BCUT2D eigenvalue weighted by Gasteiger charge is 2.21. The van der Waals surface area contributed by atoms with Crippen LogP contribution in [0.2, 0.25) is 0 Å². The summed E-state index contributed by atoms with van der Waals surface area (Å²) in [5.74, 6) is 1.44. The van der Waals surface area contributed by atoms with Gasteiger partial charge in [-0.2, -0.15) is 0 Å². The molecule has 0 aliphatic heterocycles. The quantitative estimate of drug-likeness (QED) is 0.154. The topological polar surface area (TPSA) is 111 Å². The van der Waals surface area contributed by atoms with Gasteiger partial charge in [-0.1, -0.05) is 48.5 Å². The molecule has 0 aromatic heterocycles. The largest absolute Gasteiger partial charge is 0.508 e. The number of hydrogen-bond acceptors (Lipinski definition) is 6. The van der Waals surface area contributed by atoms with Crippen LogP contribution in [0.3, 0.4) is 0 Å². The number of nitrogens with one attached hydrogen (secondary N) is 2. The molecule has 7 heteroatoms. The highest BCUT2D eigenvalue weighted by molar-refractivity contribution is 5.94. The predicted octanol–water partition coefficient (Wildman–Crippen LogP) is 5.29. The molecule has 4 rings (SSSR count). The molecule has 0 saturated carbocycles. The number of ether oxygens (including phenoxy) is 1. The van der Waals surface area contributed by atoms with E-state index in [1.165, 1.54) is 6.07 Å². The first-order chi connectivity index (χ1) is 19.7. The standard InChI is InChI=1S/C34H38N2O5/c1-34(2,36-22-32(39)26-13-16-31(38)28(20-26)23-37)21-25-7-6-8-27(19-25)33(40)35-18-17-24-11-14-30(15-12-24)41-29-9-4-3-5-10-29/h3-16,19-20,32,36-39H,17-18,21-23H2,1-2H3,(H,35,40)/t32-/m0/s1. The zero-order valence-corrected chi connectivity index (χ0v) is 23.5. The van der Waals surface area contributed by atoms with Crippen molar-refractivity contribution < 1.29 is 24.9 Å². The fourth-order valence-electron chi connectivity index (χ4n) is 4.60. The molecule has 0 saturated heterocycles. The van der Waals surface area contributed by atoms with E-state index in [2.05, 4.69) is 10.6 Å². The monoisotopic (exact) mass is 554 g/mol. The first-order valence-corrected chi connectivity index (χ1v) is 13.8. The third-order valence-electron chi connectivity index (χ3n) is 6.87. The van der Waals surface area contributed by atoms with Crippen molar-refractivity contribution in [1.82, 2.24) is 10.6 Å². The van der Waals surface area contributed by atoms with Gasteiger partial charge in [-0.25, -0.2) is 0 Å². The number of aromatic hydroxyl groups is 1. The Kier molecular flexibility index (Phi) is 10.1. The van der Waals surface area contributed by atoms with Gasteiger partial charge in [-0.3, -0.25) is 4.79 Å². The Balaban J connectivity index is 1.25. The first-order valence-electron chi connectivity index (χ1n) is 13.8. The van der Waals surface area contributed by atoms with Crippen molar-refractivity contribution in [1.29, 1.82) is 0 Å². The molecule has 5 N–H and O–H groups in total. The molecule has 4 aromatic rings. The summed E-state index contributed by atoms with van der Waals surface area (Å²) in [6, 6.07) is 29.8. The molecular weight excluding hydrogens is 516 g/mol. The number of β-amino-alcohol motifs (C(OH)–C–C–N with tert-alkyl or cyclic N) is 1. The lowest BCUT2D eigenvalue weighted by molar-refractivity contribution is 0.0954. The van der Waals surface area contributed by atoms with Crippen LogP contribution in [-0.2, 0) is 19.4 Å². The van der Waals surface area contributed by atoms with Gasteiger partial charge in [0.05, 0.1) is 12.7 Å². The van der Waals surface area contributed by atoms with Crippen molar-refractivity contribution in [2.45, 2.75) is 44.9 Å². The predicted molar refractivity (Wildman–Crippen MR) is 160 cm³/mol. The zero-order valence-electron chi connectivity index (χ0n) is 23.5. The van der Waals surface area contributed by atoms with Crippen molar-refractivity contribution in [3.05, 3.63) is 125 Å². The summed E-state index contributed by atoms with van der Waals surface area (Å²) in [6.45, 7) is 4.59. The molecule has 0 unspecified atom stereocenters. The second-order valence-electron chi connectivity index (χ2n) is 10.8. The van der Waals surface area contributed by atoms with Crippen molar-refractivity contribution >= 4 is 5.91 Å². The van der Waals surface area contributed by atoms with Gasteiger partial charge in [-0.05, 0) is 91.9 Å². The van der Waals surface area contributed by atoms with Crippen molar-refractivity contribution in [3.8, 4) is 17.2 Å². The number of carbonyl (C=O) groups is 1. The number of phenols is 1. The molecule has 0 aliphatic rings. The van der Waals surface area contributed by atoms with E-state index in [1.54, 1.807) is 12.1 Å². The number of aliphatic hydroxyl groups is 2. The number of para-hydroxylation sites is 1. The molecule has 0 fully saturated rings. The number of hydrogen-bond donors (Lipinski definition) is 5. The second kappa shape index (κ2) is 13.9. The second-order valence-corrected chi connectivity index (χ2v) is 10.8. The van der Waals surface area contributed by atoms with Crippen LogP contribution in [-0.4, -0.2) is 39.9 Å². The summed E-state index contributed by atoms with van der Waals surface area (Å²) in [7, 11) is 0. The molecule has 0 bridgehead atoms. The van der Waals surface area contributed by atoms with Crippen LogP contribution >= 0.6 is 0 Å². The summed E-state index contributed by atoms with van der Waals surface area (Å²) in [5, 5.41) is 36.2. The SMILES string of the molecule is CC(C)(Cc1cccc(C(=O)NCCc2ccc(Oc3ccccc3)cc2)c1)NC[C@H](O)c1ccc(O)c(CO)c1. The number of amides is 1. The molecular formula is C34H38N2O5. The van der Waals surface area contributed by atoms with Crippen molar-refractivity contribution in [3.63, 3.8) is 0 Å². The van der Waals surface area contributed by atoms with Crippen LogP contribution in [0.1, 0.15) is 52.6 Å². The third-order valence-corrected chi connectivity index (χ3v) is 6.87. The van der Waals surface area contributed by atoms with Gasteiger partial charge in [0, 0.05) is 29.8 Å². The molecule has 0 heterocycles. The van der Waals surface area contributed by atoms with Crippen LogP contribution in [0.5, 0.6) is 17.2 Å². The Bertz CT molecular complexity index is 1420. The minimum atomic E-state index is -0.801. The van der Waals surface area contributed by atoms with E-state index in [9.17, 15) is 20.1 Å². The lowest BCUT2D eigenvalue weighted by atomic mass is 9.93. The summed E-state index contributed by atoms with van der Waals surface area (Å²) in [5.41, 5.74) is 3.35. The van der Waals surface area contributed by atoms with Gasteiger partial charge in [0.2, 0.25) is 0 Å². The Labute approximate surface area is 241 Å². The van der Waals surface area contributed by atoms with E-state index < -0.39 is 6.10 Å². The molecule has 0 radical (unpaired) electrons. The Hall–Kier alpha value is -4.17. The van der Waals surface area contributed by atoms with Crippen LogP contribution in [0.15, 0.2) is 97.1 Å². The smallest absolute Gasteiger partial charge is 0.251 e. The van der Waals surface area contributed by atoms with E-state index >= 15 is 0 Å². The number of carbonyl (C=O) groups excluding carboxylic acids is 1. The molecule has 0 spiro atoms. The zero-order chi connectivity index (χ0) is 29.2. The van der Waals surface area contributed by atoms with Gasteiger partial charge < -0.3 is 30.7 Å². The van der Waals surface area contributed by atoms with Crippen LogP contribution in [0.4, 0.5) is 0 Å². The maximum Gasteiger partial charge on any atom is 0.251 e. The molecule has 41 heavy (non-hydrogen) atoms. The summed E-state index contributed by atoms with van der Waals surface area (Å²) in [4.78, 5) is 12.8. The van der Waals surface area contributed by atoms with Crippen LogP contribution in [0.25, 0.3) is 0 Å². The fraction of sp³-hybridized carbons (Fsp3) is 0.265. The van der Waals surface area contributed by atoms with Crippen LogP contribution in [0, 0.1) is 0 Å². The molecule has 1 amide bonds. The van der Waals surface area contributed by atoms with Gasteiger partial charge in [0.25, 0.3) is 5.91 Å². The number of aliphatic hydroxyl groups excluding tert-OH is 2. The minimum absolute atomic E-state index is 0.00365. The maximum absolute atomic E-state index is 12.8.